The van der Waals surface area contributed by atoms with Crippen LogP contribution in [0.5, 0.6) is 11.5 Å². The highest BCUT2D eigenvalue weighted by Crippen LogP contribution is 2.45. The van der Waals surface area contributed by atoms with Crippen molar-refractivity contribution in [3.05, 3.63) is 152 Å². The summed E-state index contributed by atoms with van der Waals surface area (Å²) in [6, 6.07) is 25.9. The number of unbranched alkanes of at least 4 members (excludes halogenated alkanes) is 3. The number of ketones is 1. The number of nitrogens with zero attached hydrogens (tertiary/aromatic N) is 4. The lowest BCUT2D eigenvalue weighted by Gasteiger charge is -2.17. The Balaban J connectivity index is 0.872. The Morgan fingerprint density at radius 1 is 0.783 bits per heavy atom. The lowest BCUT2D eigenvalue weighted by atomic mass is 9.85. The van der Waals surface area contributed by atoms with Gasteiger partial charge >= 0.3 is 0 Å². The van der Waals surface area contributed by atoms with Gasteiger partial charge in [-0.15, -0.1) is 0 Å². The van der Waals surface area contributed by atoms with Crippen molar-refractivity contribution >= 4 is 67.3 Å². The Morgan fingerprint density at radius 3 is 2.28 bits per heavy atom. The molecule has 83 heavy (non-hydrogen) atoms. The van der Waals surface area contributed by atoms with Crippen LogP contribution in [0, 0.1) is 25.7 Å². The molecule has 3 aliphatic rings. The second kappa shape index (κ2) is 26.4. The fraction of sp³-hybridized carbons (Fsp3) is 0.382. The number of rotatable bonds is 23. The van der Waals surface area contributed by atoms with Crippen molar-refractivity contribution in [2.45, 2.75) is 124 Å². The van der Waals surface area contributed by atoms with E-state index in [2.05, 4.69) is 102 Å². The number of carbonyl (C=O) groups excluding carboxylic acids is 2. The summed E-state index contributed by atoms with van der Waals surface area (Å²) >= 11 is 0. The number of H-pyrrole nitrogens is 2. The third-order valence-corrected chi connectivity index (χ3v) is 16.3. The highest BCUT2D eigenvalue weighted by Gasteiger charge is 2.36. The van der Waals surface area contributed by atoms with Crippen molar-refractivity contribution in [2.24, 2.45) is 0 Å². The Labute approximate surface area is 486 Å². The van der Waals surface area contributed by atoms with Gasteiger partial charge in [-0.05, 0) is 129 Å². The summed E-state index contributed by atoms with van der Waals surface area (Å²) in [5.74, 6) is 8.21. The predicted octanol–water partition coefficient (Wildman–Crippen LogP) is 13.8. The van der Waals surface area contributed by atoms with Gasteiger partial charge in [0.05, 0.1) is 47.4 Å². The molecule has 4 aromatic heterocycles. The van der Waals surface area contributed by atoms with Crippen molar-refractivity contribution in [2.75, 3.05) is 52.6 Å². The van der Waals surface area contributed by atoms with Crippen LogP contribution in [0.1, 0.15) is 170 Å². The van der Waals surface area contributed by atoms with Crippen LogP contribution in [-0.2, 0) is 32.0 Å². The fourth-order valence-corrected chi connectivity index (χ4v) is 11.7. The molecule has 0 radical (unpaired) electrons. The Morgan fingerprint density at radius 2 is 1.52 bits per heavy atom. The number of fused-ring (bicyclic) bond motifs is 9. The van der Waals surface area contributed by atoms with Gasteiger partial charge in [-0.25, -0.2) is 15.0 Å². The van der Waals surface area contributed by atoms with Crippen molar-refractivity contribution in [1.29, 1.82) is 0 Å². The van der Waals surface area contributed by atoms with Gasteiger partial charge in [0.1, 0.15) is 25.4 Å². The number of methoxy groups -OCH3 is 2. The Kier molecular flexibility index (Phi) is 18.5. The molecule has 4 N–H and O–H groups in total. The number of ether oxygens (including phenoxy) is 5. The normalized spacial score (nSPS) is 14.9. The number of aromatic amines is 2. The van der Waals surface area contributed by atoms with E-state index in [0.29, 0.717) is 68.8 Å². The van der Waals surface area contributed by atoms with E-state index in [1.54, 1.807) is 14.2 Å². The topological polar surface area (TPSA) is 187 Å². The molecule has 430 valence electrons. The summed E-state index contributed by atoms with van der Waals surface area (Å²) < 4.78 is 29.0. The van der Waals surface area contributed by atoms with Crippen molar-refractivity contribution in [3.8, 4) is 23.3 Å². The Hall–Kier alpha value is -8.16. The summed E-state index contributed by atoms with van der Waals surface area (Å²) in [6.07, 6.45) is 7.79. The molecule has 1 aliphatic carbocycles. The number of hydrogen-bond acceptors (Lipinski definition) is 12. The van der Waals surface area contributed by atoms with E-state index in [9.17, 15) is 9.59 Å². The zero-order valence-electron chi connectivity index (χ0n) is 49.4. The largest absolute Gasteiger partial charge is 0.487 e. The average Bonchev–Trinajstić information content (AvgIpc) is 4.23. The molecule has 0 fully saturated rings. The summed E-state index contributed by atoms with van der Waals surface area (Å²) in [4.78, 5) is 55.3. The number of aromatic nitrogens is 6. The van der Waals surface area contributed by atoms with Gasteiger partial charge < -0.3 is 44.3 Å². The van der Waals surface area contributed by atoms with Gasteiger partial charge in [-0.1, -0.05) is 70.1 Å². The highest BCUT2D eigenvalue weighted by atomic mass is 16.5. The SMILES string of the molecule is CCCCCCOC(C)c1c(C)c2cc3nc(c4c5[nH]c(cc6nc(cc1[nH]2)C(C)=C6CC)c(C)c5C(=O)C4)[C@@H](CCC(=O)NCc1cccc(C#Cc2cccc(Nc4ncnc5cc(OCCOC)c(OCCOC)cc45)c2)c1)C3C. The number of allylic oxidation sites excluding steroid dienone is 2. The number of aryl methyl sites for hydroxylation is 2. The first-order valence-electron chi connectivity index (χ1n) is 29.2. The van der Waals surface area contributed by atoms with E-state index in [0.717, 1.165) is 125 Å². The number of hydrogen-bond donors (Lipinski definition) is 4. The molecule has 0 spiro atoms. The standard InChI is InChI=1S/C68H76N8O7/c1-10-12-13-14-25-81-44(7)64-42(5)55-34-54-41(4)50(66(75-54)52-32-60(77)65-43(6)56(76-67(52)65)35-58-49(11-2)40(3)53(73-58)36-59(64)74-55)23-24-63(78)69-38-47-19-15-17-45(30-47)21-22-46-18-16-20-48(31-46)72-68-51-33-61(82-28-26-79-8)62(83-29-27-80-9)37-57(51)70-39-71-68/h15-20,30-31,33-37,39,41,44,50,74,76H,10-14,23-29,32,38H2,1-9H3,(H,69,78)(H,70,71,72)/t41?,44?,50-/m0/s1. The number of amides is 1. The van der Waals surface area contributed by atoms with Crippen LogP contribution in [0.15, 0.2) is 85.2 Å². The van der Waals surface area contributed by atoms with E-state index < -0.39 is 0 Å². The van der Waals surface area contributed by atoms with Gasteiger partial charge in [0.25, 0.3) is 0 Å². The van der Waals surface area contributed by atoms with E-state index in [1.165, 1.54) is 24.7 Å². The average molecular weight is 1120 g/mol. The molecule has 0 saturated carbocycles. The van der Waals surface area contributed by atoms with Crippen LogP contribution in [-0.4, -0.2) is 88.8 Å². The molecular formula is C68H76N8O7. The monoisotopic (exact) mass is 1120 g/mol. The van der Waals surface area contributed by atoms with Crippen LogP contribution in [0.4, 0.5) is 11.5 Å². The first kappa shape index (κ1) is 58.1. The third-order valence-electron chi connectivity index (χ3n) is 16.3. The molecule has 3 atom stereocenters. The van der Waals surface area contributed by atoms with Crippen molar-refractivity contribution < 1.29 is 33.3 Å². The molecule has 15 heteroatoms. The summed E-state index contributed by atoms with van der Waals surface area (Å²) in [6.45, 7) is 17.7. The van der Waals surface area contributed by atoms with Crippen molar-refractivity contribution in [3.63, 3.8) is 0 Å². The van der Waals surface area contributed by atoms with Crippen LogP contribution >= 0.6 is 0 Å². The quantitative estimate of drug-likeness (QED) is 0.0351. The molecule has 15 nitrogen and oxygen atoms in total. The lowest BCUT2D eigenvalue weighted by molar-refractivity contribution is -0.121. The van der Waals surface area contributed by atoms with E-state index in [-0.39, 0.29) is 42.5 Å². The minimum atomic E-state index is -0.155. The smallest absolute Gasteiger partial charge is 0.220 e. The lowest BCUT2D eigenvalue weighted by Crippen LogP contribution is -2.23. The first-order chi connectivity index (χ1) is 40.3. The van der Waals surface area contributed by atoms with Gasteiger partial charge in [-0.2, -0.15) is 0 Å². The van der Waals surface area contributed by atoms with E-state index in [4.69, 9.17) is 33.7 Å². The first-order valence-corrected chi connectivity index (χ1v) is 29.2. The number of nitrogens with one attached hydrogen (secondary N) is 4. The van der Waals surface area contributed by atoms with Crippen LogP contribution in [0.3, 0.4) is 0 Å². The zero-order valence-corrected chi connectivity index (χ0v) is 49.4. The molecule has 10 rings (SSSR count). The molecular weight excluding hydrogens is 1040 g/mol. The molecule has 2 aliphatic heterocycles. The molecule has 6 heterocycles. The summed E-state index contributed by atoms with van der Waals surface area (Å²) in [7, 11) is 3.26. The van der Waals surface area contributed by atoms with Crippen LogP contribution in [0.2, 0.25) is 0 Å². The molecule has 1 amide bonds. The number of carbonyl (C=O) groups is 2. The number of Topliss-reactive ketones (excluding diaryl/α,β-unsaturated/α-hetero) is 1. The van der Waals surface area contributed by atoms with Gasteiger partial charge in [0.2, 0.25) is 5.91 Å². The van der Waals surface area contributed by atoms with E-state index >= 15 is 0 Å². The molecule has 8 bridgehead atoms. The number of anilines is 2. The number of benzene rings is 3. The Bertz CT molecular complexity index is 3850. The van der Waals surface area contributed by atoms with Crippen molar-refractivity contribution in [1.82, 2.24) is 35.2 Å². The fourth-order valence-electron chi connectivity index (χ4n) is 11.7. The molecule has 2 unspecified atom stereocenters. The minimum Gasteiger partial charge on any atom is -0.487 e. The van der Waals surface area contributed by atoms with Crippen LogP contribution in [0.25, 0.3) is 44.1 Å². The molecule has 3 aromatic carbocycles. The second-order valence-corrected chi connectivity index (χ2v) is 21.8. The third kappa shape index (κ3) is 12.9. The maximum absolute atomic E-state index is 14.1. The maximum atomic E-state index is 14.1. The highest BCUT2D eigenvalue weighted by molar-refractivity contribution is 6.13. The second-order valence-electron chi connectivity index (χ2n) is 21.8. The summed E-state index contributed by atoms with van der Waals surface area (Å²) in [5.41, 5.74) is 18.4. The summed E-state index contributed by atoms with van der Waals surface area (Å²) in [5, 5.41) is 7.40. The maximum Gasteiger partial charge on any atom is 0.220 e. The van der Waals surface area contributed by atoms with Gasteiger partial charge in [0, 0.05) is 119 Å². The minimum absolute atomic E-state index is 0.0413. The van der Waals surface area contributed by atoms with E-state index in [1.807, 2.05) is 67.6 Å². The van der Waals surface area contributed by atoms with Gasteiger partial charge in [-0.3, -0.25) is 14.6 Å². The predicted molar refractivity (Wildman–Crippen MR) is 328 cm³/mol. The van der Waals surface area contributed by atoms with Gasteiger partial charge in [0.15, 0.2) is 17.3 Å². The van der Waals surface area contributed by atoms with Crippen LogP contribution < -0.4 is 20.1 Å². The zero-order chi connectivity index (χ0) is 58.1. The molecule has 7 aromatic rings. The molecule has 0 saturated heterocycles.